The average Bonchev–Trinajstić information content (AvgIpc) is 2.31. The monoisotopic (exact) mass is 236 g/mol. The molecule has 0 saturated heterocycles. The Balaban J connectivity index is 2.30. The third-order valence-electron chi connectivity index (χ3n) is 2.54. The van der Waals surface area contributed by atoms with Crippen LogP contribution in [0.25, 0.3) is 0 Å². The van der Waals surface area contributed by atoms with Crippen LogP contribution < -0.4 is 15.8 Å². The zero-order valence-corrected chi connectivity index (χ0v) is 10.5. The number of nitrogens with one attached hydrogen (secondary N) is 1. The fourth-order valence-corrected chi connectivity index (χ4v) is 1.37. The molecule has 0 atom stereocenters. The highest BCUT2D eigenvalue weighted by atomic mass is 16.5. The fraction of sp³-hybridized carbons (Fsp3) is 0.462. The second kappa shape index (κ2) is 6.91. The number of carbonyl (C=O) groups excluding carboxylic acids is 1. The Hall–Kier alpha value is -1.55. The molecule has 0 spiro atoms. The number of carbonyl (C=O) groups is 1. The lowest BCUT2D eigenvalue weighted by Gasteiger charge is -2.08. The lowest BCUT2D eigenvalue weighted by Crippen LogP contribution is -2.29. The molecule has 0 heterocycles. The maximum Gasteiger partial charge on any atom is 0.223 e. The molecule has 0 unspecified atom stereocenters. The standard InChI is InChI=1S/C13H20N2O2/c1-10-3-4-12(9-11(10)2)17-8-5-13(16)15-7-6-14/h3-4,9H,5-8,14H2,1-2H3,(H,15,16). The van der Waals surface area contributed by atoms with Gasteiger partial charge >= 0.3 is 0 Å². The highest BCUT2D eigenvalue weighted by Crippen LogP contribution is 2.16. The Morgan fingerprint density at radius 1 is 1.35 bits per heavy atom. The van der Waals surface area contributed by atoms with Gasteiger partial charge in [-0.3, -0.25) is 4.79 Å². The fourth-order valence-electron chi connectivity index (χ4n) is 1.37. The van der Waals surface area contributed by atoms with Crippen LogP contribution in [0, 0.1) is 13.8 Å². The van der Waals surface area contributed by atoms with Crippen LogP contribution in [0.15, 0.2) is 18.2 Å². The summed E-state index contributed by atoms with van der Waals surface area (Å²) in [7, 11) is 0. The molecule has 0 aliphatic carbocycles. The number of amides is 1. The maximum absolute atomic E-state index is 11.3. The molecule has 17 heavy (non-hydrogen) atoms. The molecule has 0 saturated carbocycles. The quantitative estimate of drug-likeness (QED) is 0.778. The van der Waals surface area contributed by atoms with E-state index in [9.17, 15) is 4.79 Å². The Bertz CT molecular complexity index is 378. The molecule has 0 aromatic heterocycles. The number of benzene rings is 1. The van der Waals surface area contributed by atoms with Gasteiger partial charge < -0.3 is 15.8 Å². The van der Waals surface area contributed by atoms with Crippen LogP contribution in [0.3, 0.4) is 0 Å². The van der Waals surface area contributed by atoms with Crippen molar-refractivity contribution in [1.29, 1.82) is 0 Å². The SMILES string of the molecule is Cc1ccc(OCCC(=O)NCCN)cc1C. The van der Waals surface area contributed by atoms with Crippen molar-refractivity contribution in [2.24, 2.45) is 5.73 Å². The lowest BCUT2D eigenvalue weighted by atomic mass is 10.1. The van der Waals surface area contributed by atoms with Gasteiger partial charge in [0.25, 0.3) is 0 Å². The van der Waals surface area contributed by atoms with Gasteiger partial charge in [-0.15, -0.1) is 0 Å². The molecule has 4 nitrogen and oxygen atoms in total. The van der Waals surface area contributed by atoms with Crippen molar-refractivity contribution in [2.45, 2.75) is 20.3 Å². The van der Waals surface area contributed by atoms with Crippen molar-refractivity contribution in [3.8, 4) is 5.75 Å². The van der Waals surface area contributed by atoms with Crippen molar-refractivity contribution in [2.75, 3.05) is 19.7 Å². The Morgan fingerprint density at radius 3 is 2.76 bits per heavy atom. The third-order valence-corrected chi connectivity index (χ3v) is 2.54. The highest BCUT2D eigenvalue weighted by Gasteiger charge is 2.01. The molecule has 94 valence electrons. The van der Waals surface area contributed by atoms with Gasteiger partial charge in [0.05, 0.1) is 13.0 Å². The minimum absolute atomic E-state index is 0.0284. The molecule has 1 amide bonds. The first-order valence-corrected chi connectivity index (χ1v) is 5.80. The number of ether oxygens (including phenoxy) is 1. The minimum Gasteiger partial charge on any atom is -0.493 e. The molecule has 3 N–H and O–H groups in total. The Kier molecular flexibility index (Phi) is 5.49. The highest BCUT2D eigenvalue weighted by molar-refractivity contribution is 5.75. The van der Waals surface area contributed by atoms with Gasteiger partial charge in [-0.25, -0.2) is 0 Å². The molecule has 0 fully saturated rings. The van der Waals surface area contributed by atoms with E-state index in [1.165, 1.54) is 11.1 Å². The lowest BCUT2D eigenvalue weighted by molar-refractivity contribution is -0.121. The van der Waals surface area contributed by atoms with Crippen LogP contribution >= 0.6 is 0 Å². The molecule has 1 aromatic carbocycles. The van der Waals surface area contributed by atoms with Gasteiger partial charge in [0.2, 0.25) is 5.91 Å². The second-order valence-corrected chi connectivity index (χ2v) is 3.98. The zero-order chi connectivity index (χ0) is 12.7. The summed E-state index contributed by atoms with van der Waals surface area (Å²) in [4.78, 5) is 11.3. The maximum atomic E-state index is 11.3. The number of nitrogens with two attached hydrogens (primary N) is 1. The number of rotatable bonds is 6. The molecule has 4 heteroatoms. The van der Waals surface area contributed by atoms with E-state index in [2.05, 4.69) is 12.2 Å². The molecule has 0 radical (unpaired) electrons. The molecular weight excluding hydrogens is 216 g/mol. The summed E-state index contributed by atoms with van der Waals surface area (Å²) in [5.74, 6) is 0.777. The topological polar surface area (TPSA) is 64.3 Å². The summed E-state index contributed by atoms with van der Waals surface area (Å²) in [6.07, 6.45) is 0.354. The van der Waals surface area contributed by atoms with Crippen LogP contribution in [-0.2, 0) is 4.79 Å². The summed E-state index contributed by atoms with van der Waals surface area (Å²) in [5, 5.41) is 2.70. The van der Waals surface area contributed by atoms with Crippen molar-refractivity contribution in [1.82, 2.24) is 5.32 Å². The minimum atomic E-state index is -0.0284. The largest absolute Gasteiger partial charge is 0.493 e. The van der Waals surface area contributed by atoms with Gasteiger partial charge in [-0.2, -0.15) is 0 Å². The van der Waals surface area contributed by atoms with E-state index in [4.69, 9.17) is 10.5 Å². The molecule has 0 bridgehead atoms. The Labute approximate surface area is 102 Å². The van der Waals surface area contributed by atoms with Crippen molar-refractivity contribution < 1.29 is 9.53 Å². The summed E-state index contributed by atoms with van der Waals surface area (Å²) < 4.78 is 5.50. The van der Waals surface area contributed by atoms with Crippen molar-refractivity contribution in [3.05, 3.63) is 29.3 Å². The van der Waals surface area contributed by atoms with E-state index in [-0.39, 0.29) is 5.91 Å². The van der Waals surface area contributed by atoms with Gasteiger partial charge in [0.15, 0.2) is 0 Å². The van der Waals surface area contributed by atoms with Crippen molar-refractivity contribution in [3.63, 3.8) is 0 Å². The van der Waals surface area contributed by atoms with E-state index in [1.54, 1.807) is 0 Å². The van der Waals surface area contributed by atoms with Crippen LogP contribution in [0.5, 0.6) is 5.75 Å². The van der Waals surface area contributed by atoms with Crippen LogP contribution in [0.2, 0.25) is 0 Å². The van der Waals surface area contributed by atoms with Crippen LogP contribution in [0.1, 0.15) is 17.5 Å². The van der Waals surface area contributed by atoms with E-state index < -0.39 is 0 Å². The van der Waals surface area contributed by atoms with Gasteiger partial charge in [0, 0.05) is 13.1 Å². The smallest absolute Gasteiger partial charge is 0.223 e. The van der Waals surface area contributed by atoms with E-state index >= 15 is 0 Å². The second-order valence-electron chi connectivity index (χ2n) is 3.98. The predicted molar refractivity (Wildman–Crippen MR) is 68.1 cm³/mol. The van der Waals surface area contributed by atoms with E-state index in [0.717, 1.165) is 5.75 Å². The van der Waals surface area contributed by atoms with Crippen LogP contribution in [-0.4, -0.2) is 25.6 Å². The average molecular weight is 236 g/mol. The Morgan fingerprint density at radius 2 is 2.12 bits per heavy atom. The summed E-state index contributed by atoms with van der Waals surface area (Å²) in [6.45, 7) is 5.46. The first-order valence-electron chi connectivity index (χ1n) is 5.80. The van der Waals surface area contributed by atoms with Crippen LogP contribution in [0.4, 0.5) is 0 Å². The molecule has 1 rings (SSSR count). The molecule has 0 aliphatic rings. The number of hydrogen-bond donors (Lipinski definition) is 2. The van der Waals surface area contributed by atoms with Gasteiger partial charge in [-0.05, 0) is 37.1 Å². The number of aryl methyl sites for hydroxylation is 2. The van der Waals surface area contributed by atoms with E-state index in [1.807, 2.05) is 25.1 Å². The molecule has 0 aliphatic heterocycles. The molecular formula is C13H20N2O2. The van der Waals surface area contributed by atoms with Crippen molar-refractivity contribution >= 4 is 5.91 Å². The first kappa shape index (κ1) is 13.5. The predicted octanol–water partition coefficient (Wildman–Crippen LogP) is 1.15. The van der Waals surface area contributed by atoms with Gasteiger partial charge in [-0.1, -0.05) is 6.07 Å². The van der Waals surface area contributed by atoms with E-state index in [0.29, 0.717) is 26.1 Å². The van der Waals surface area contributed by atoms with Gasteiger partial charge in [0.1, 0.15) is 5.75 Å². The third kappa shape index (κ3) is 4.87. The first-order chi connectivity index (χ1) is 8.13. The summed E-state index contributed by atoms with van der Waals surface area (Å²) in [6, 6.07) is 5.91. The normalized spacial score (nSPS) is 10.1. The summed E-state index contributed by atoms with van der Waals surface area (Å²) >= 11 is 0. The molecule has 1 aromatic rings. The zero-order valence-electron chi connectivity index (χ0n) is 10.5. The number of hydrogen-bond acceptors (Lipinski definition) is 3. The summed E-state index contributed by atoms with van der Waals surface area (Å²) in [5.41, 5.74) is 7.71.